The standard InChI is InChI=1S/C11H15Cl2N3O2/c1-14-10-8(12)4-9(13)11(15-10)16-2-3-18-6-7(16)5-17/h4,7,17H,2-3,5-6H2,1H3,(H,14,15). The van der Waals surface area contributed by atoms with Crippen LogP contribution in [-0.2, 0) is 4.74 Å². The number of hydrogen-bond donors (Lipinski definition) is 2. The first-order chi connectivity index (χ1) is 8.67. The van der Waals surface area contributed by atoms with Gasteiger partial charge >= 0.3 is 0 Å². The van der Waals surface area contributed by atoms with Crippen molar-refractivity contribution < 1.29 is 9.84 Å². The number of anilines is 2. The third-order valence-electron chi connectivity index (χ3n) is 2.86. The molecule has 0 spiro atoms. The molecular formula is C11H15Cl2N3O2. The second-order valence-electron chi connectivity index (χ2n) is 3.98. The molecule has 2 N–H and O–H groups in total. The molecule has 1 unspecified atom stereocenters. The minimum absolute atomic E-state index is 0.00444. The minimum atomic E-state index is -0.130. The molecule has 1 aromatic heterocycles. The molecule has 0 bridgehead atoms. The van der Waals surface area contributed by atoms with E-state index in [-0.39, 0.29) is 12.6 Å². The van der Waals surface area contributed by atoms with E-state index in [0.717, 1.165) is 0 Å². The Kier molecular flexibility index (Phi) is 4.50. The van der Waals surface area contributed by atoms with Crippen molar-refractivity contribution in [2.45, 2.75) is 6.04 Å². The number of nitrogens with one attached hydrogen (secondary N) is 1. The van der Waals surface area contributed by atoms with Gasteiger partial charge in [0.15, 0.2) is 0 Å². The van der Waals surface area contributed by atoms with Gasteiger partial charge in [0.25, 0.3) is 0 Å². The Morgan fingerprint density at radius 2 is 2.33 bits per heavy atom. The molecule has 100 valence electrons. The lowest BCUT2D eigenvalue weighted by Crippen LogP contribution is -2.48. The summed E-state index contributed by atoms with van der Waals surface area (Å²) in [7, 11) is 1.74. The molecular weight excluding hydrogens is 277 g/mol. The van der Waals surface area contributed by atoms with Crippen molar-refractivity contribution in [2.75, 3.05) is 43.6 Å². The second-order valence-corrected chi connectivity index (χ2v) is 4.79. The highest BCUT2D eigenvalue weighted by Gasteiger charge is 2.26. The maximum atomic E-state index is 9.36. The van der Waals surface area contributed by atoms with E-state index in [1.165, 1.54) is 0 Å². The van der Waals surface area contributed by atoms with E-state index in [2.05, 4.69) is 10.3 Å². The van der Waals surface area contributed by atoms with Gasteiger partial charge < -0.3 is 20.1 Å². The number of aliphatic hydroxyl groups is 1. The summed E-state index contributed by atoms with van der Waals surface area (Å²) in [5.41, 5.74) is 0. The fourth-order valence-corrected chi connectivity index (χ4v) is 2.48. The number of aromatic nitrogens is 1. The largest absolute Gasteiger partial charge is 0.394 e. The zero-order valence-electron chi connectivity index (χ0n) is 9.99. The molecule has 2 rings (SSSR count). The van der Waals surface area contributed by atoms with Gasteiger partial charge in [0.1, 0.15) is 11.6 Å². The maximum absolute atomic E-state index is 9.36. The zero-order valence-corrected chi connectivity index (χ0v) is 11.5. The molecule has 7 heteroatoms. The van der Waals surface area contributed by atoms with E-state index >= 15 is 0 Å². The van der Waals surface area contributed by atoms with Crippen LogP contribution in [0.5, 0.6) is 0 Å². The maximum Gasteiger partial charge on any atom is 0.150 e. The van der Waals surface area contributed by atoms with Crippen molar-refractivity contribution in [1.29, 1.82) is 0 Å². The Balaban J connectivity index is 2.36. The Morgan fingerprint density at radius 3 is 3.00 bits per heavy atom. The SMILES string of the molecule is CNc1nc(N2CCOCC2CO)c(Cl)cc1Cl. The monoisotopic (exact) mass is 291 g/mol. The Bertz CT molecular complexity index is 431. The van der Waals surface area contributed by atoms with Crippen molar-refractivity contribution in [3.8, 4) is 0 Å². The average molecular weight is 292 g/mol. The van der Waals surface area contributed by atoms with E-state index in [9.17, 15) is 5.11 Å². The van der Waals surface area contributed by atoms with Gasteiger partial charge in [0.2, 0.25) is 0 Å². The molecule has 1 fully saturated rings. The smallest absolute Gasteiger partial charge is 0.150 e. The van der Waals surface area contributed by atoms with Crippen LogP contribution in [0.25, 0.3) is 0 Å². The van der Waals surface area contributed by atoms with Crippen molar-refractivity contribution in [3.05, 3.63) is 16.1 Å². The third kappa shape index (κ3) is 2.64. The van der Waals surface area contributed by atoms with Gasteiger partial charge in [0, 0.05) is 13.6 Å². The van der Waals surface area contributed by atoms with Crippen LogP contribution in [0.4, 0.5) is 11.6 Å². The number of nitrogens with zero attached hydrogens (tertiary/aromatic N) is 2. The van der Waals surface area contributed by atoms with Crippen LogP contribution in [0.3, 0.4) is 0 Å². The Labute approximate surface area is 116 Å². The molecule has 1 aliphatic heterocycles. The Hall–Kier alpha value is -0.750. The average Bonchev–Trinajstić information content (AvgIpc) is 2.39. The predicted molar refractivity (Wildman–Crippen MR) is 72.8 cm³/mol. The van der Waals surface area contributed by atoms with Gasteiger partial charge in [-0.05, 0) is 6.07 Å². The molecule has 1 aromatic rings. The highest BCUT2D eigenvalue weighted by molar-refractivity contribution is 6.37. The molecule has 18 heavy (non-hydrogen) atoms. The lowest BCUT2D eigenvalue weighted by Gasteiger charge is -2.36. The van der Waals surface area contributed by atoms with Crippen molar-refractivity contribution >= 4 is 34.8 Å². The fourth-order valence-electron chi connectivity index (χ4n) is 1.92. The van der Waals surface area contributed by atoms with Crippen LogP contribution < -0.4 is 10.2 Å². The summed E-state index contributed by atoms with van der Waals surface area (Å²) in [5.74, 6) is 1.19. The number of halogens is 2. The summed E-state index contributed by atoms with van der Waals surface area (Å²) in [6, 6.07) is 1.52. The topological polar surface area (TPSA) is 57.6 Å². The molecule has 1 atom stereocenters. The summed E-state index contributed by atoms with van der Waals surface area (Å²) in [5, 5.41) is 13.2. The molecule has 0 aromatic carbocycles. The molecule has 0 saturated carbocycles. The number of hydrogen-bond acceptors (Lipinski definition) is 5. The lowest BCUT2D eigenvalue weighted by atomic mass is 10.2. The van der Waals surface area contributed by atoms with Gasteiger partial charge in [-0.15, -0.1) is 0 Å². The van der Waals surface area contributed by atoms with Crippen molar-refractivity contribution in [1.82, 2.24) is 4.98 Å². The van der Waals surface area contributed by atoms with Crippen molar-refractivity contribution in [2.24, 2.45) is 0 Å². The molecule has 0 aliphatic carbocycles. The first-order valence-corrected chi connectivity index (χ1v) is 6.42. The summed E-state index contributed by atoms with van der Waals surface area (Å²) < 4.78 is 5.33. The van der Waals surface area contributed by atoms with Crippen LogP contribution in [0.15, 0.2) is 6.07 Å². The minimum Gasteiger partial charge on any atom is -0.394 e. The lowest BCUT2D eigenvalue weighted by molar-refractivity contribution is 0.0723. The highest BCUT2D eigenvalue weighted by Crippen LogP contribution is 2.32. The van der Waals surface area contributed by atoms with Crippen LogP contribution in [0, 0.1) is 0 Å². The molecule has 1 saturated heterocycles. The molecule has 2 heterocycles. The second kappa shape index (κ2) is 5.93. The number of ether oxygens (including phenoxy) is 1. The van der Waals surface area contributed by atoms with Crippen LogP contribution in [0.2, 0.25) is 10.0 Å². The first kappa shape index (κ1) is 13.7. The number of rotatable bonds is 3. The van der Waals surface area contributed by atoms with Gasteiger partial charge in [-0.25, -0.2) is 4.98 Å². The van der Waals surface area contributed by atoms with E-state index in [0.29, 0.717) is 41.4 Å². The fraction of sp³-hybridized carbons (Fsp3) is 0.545. The summed E-state index contributed by atoms with van der Waals surface area (Å²) >= 11 is 12.2. The number of pyridine rings is 1. The first-order valence-electron chi connectivity index (χ1n) is 5.66. The summed E-state index contributed by atoms with van der Waals surface area (Å²) in [6.45, 7) is 1.69. The van der Waals surface area contributed by atoms with Crippen LogP contribution >= 0.6 is 23.2 Å². The third-order valence-corrected chi connectivity index (χ3v) is 3.42. The van der Waals surface area contributed by atoms with E-state index < -0.39 is 0 Å². The molecule has 1 aliphatic rings. The zero-order chi connectivity index (χ0) is 13.1. The van der Waals surface area contributed by atoms with Crippen molar-refractivity contribution in [3.63, 3.8) is 0 Å². The summed E-state index contributed by atoms with van der Waals surface area (Å²) in [6.07, 6.45) is 0. The Morgan fingerprint density at radius 1 is 1.56 bits per heavy atom. The van der Waals surface area contributed by atoms with Gasteiger partial charge in [0.05, 0.1) is 35.9 Å². The quantitative estimate of drug-likeness (QED) is 0.886. The van der Waals surface area contributed by atoms with Gasteiger partial charge in [-0.3, -0.25) is 0 Å². The normalized spacial score (nSPS) is 20.0. The van der Waals surface area contributed by atoms with E-state index in [4.69, 9.17) is 27.9 Å². The van der Waals surface area contributed by atoms with Crippen LogP contribution in [0.1, 0.15) is 0 Å². The number of aliphatic hydroxyl groups excluding tert-OH is 1. The number of morpholine rings is 1. The molecule has 5 nitrogen and oxygen atoms in total. The van der Waals surface area contributed by atoms with E-state index in [1.54, 1.807) is 13.1 Å². The van der Waals surface area contributed by atoms with E-state index in [1.807, 2.05) is 4.90 Å². The summed E-state index contributed by atoms with van der Waals surface area (Å²) in [4.78, 5) is 6.34. The predicted octanol–water partition coefficient (Wildman–Crippen LogP) is 1.63. The van der Waals surface area contributed by atoms with Gasteiger partial charge in [-0.1, -0.05) is 23.2 Å². The highest BCUT2D eigenvalue weighted by atomic mass is 35.5. The molecule has 0 amide bonds. The molecule has 0 radical (unpaired) electrons. The van der Waals surface area contributed by atoms with Crippen LogP contribution in [-0.4, -0.2) is 49.5 Å². The van der Waals surface area contributed by atoms with Gasteiger partial charge in [-0.2, -0.15) is 0 Å².